The molecule has 0 spiro atoms. The summed E-state index contributed by atoms with van der Waals surface area (Å²) in [7, 11) is 0. The van der Waals surface area contributed by atoms with Crippen molar-refractivity contribution in [2.75, 3.05) is 5.32 Å². The fourth-order valence-electron chi connectivity index (χ4n) is 6.24. The Bertz CT molecular complexity index is 1380. The Hall–Kier alpha value is -3.46. The Morgan fingerprint density at radius 2 is 1.78 bits per heavy atom. The lowest BCUT2D eigenvalue weighted by atomic mass is 9.67. The third-order valence-corrected chi connectivity index (χ3v) is 8.41. The molecule has 0 unspecified atom stereocenters. The molecule has 2 saturated carbocycles. The zero-order valence-electron chi connectivity index (χ0n) is 21.2. The van der Waals surface area contributed by atoms with E-state index in [9.17, 15) is 5.26 Å². The molecule has 3 heterocycles. The summed E-state index contributed by atoms with van der Waals surface area (Å²) < 4.78 is 1.89. The molecule has 2 aromatic heterocycles. The van der Waals surface area contributed by atoms with Crippen LogP contribution < -0.4 is 5.32 Å². The minimum atomic E-state index is 0.295. The van der Waals surface area contributed by atoms with Gasteiger partial charge in [0.2, 0.25) is 0 Å². The van der Waals surface area contributed by atoms with Crippen molar-refractivity contribution in [3.05, 3.63) is 53.7 Å². The Kier molecular flexibility index (Phi) is 6.08. The molecular formula is C30H34N6. The molecule has 1 aliphatic heterocycles. The molecule has 2 fully saturated rings. The molecule has 1 aromatic carbocycles. The van der Waals surface area contributed by atoms with Gasteiger partial charge in [0, 0.05) is 35.0 Å². The van der Waals surface area contributed by atoms with Gasteiger partial charge in [-0.15, -0.1) is 0 Å². The largest absolute Gasteiger partial charge is 0.382 e. The first kappa shape index (κ1) is 23.0. The number of hydrogen-bond acceptors (Lipinski definition) is 5. The maximum absolute atomic E-state index is 9.20. The van der Waals surface area contributed by atoms with Crippen molar-refractivity contribution in [3.8, 4) is 17.3 Å². The van der Waals surface area contributed by atoms with E-state index in [1.165, 1.54) is 50.7 Å². The van der Waals surface area contributed by atoms with Gasteiger partial charge in [0.15, 0.2) is 0 Å². The summed E-state index contributed by atoms with van der Waals surface area (Å²) in [6, 6.07) is 14.9. The summed E-state index contributed by atoms with van der Waals surface area (Å²) in [6.07, 6.45) is 12.1. The van der Waals surface area contributed by atoms with E-state index < -0.39 is 0 Å². The SMILES string of the molecule is CC(C)Nc1cc(-c2ccc3cc(C#N)cnn23)ccc1C1=NN=C(C2CCC(C3CCC3)CC2)C1. The van der Waals surface area contributed by atoms with Crippen molar-refractivity contribution in [3.63, 3.8) is 0 Å². The first-order valence-corrected chi connectivity index (χ1v) is 13.5. The third-order valence-electron chi connectivity index (χ3n) is 8.41. The lowest BCUT2D eigenvalue weighted by molar-refractivity contribution is 0.152. The van der Waals surface area contributed by atoms with E-state index >= 15 is 0 Å². The van der Waals surface area contributed by atoms with Crippen LogP contribution in [0, 0.1) is 29.1 Å². The standard InChI is InChI=1S/C30H34N6/c1-19(2)33-28-15-24(30-13-11-25-14-20(17-31)18-32-36(25)30)10-12-26(28)29-16-27(34-35-29)23-8-6-22(7-9-23)21-4-3-5-21/h10-15,18-19,21-23,33H,3-9,16H2,1-2H3. The molecule has 6 heteroatoms. The first-order chi connectivity index (χ1) is 17.6. The summed E-state index contributed by atoms with van der Waals surface area (Å²) in [5.41, 5.74) is 8.12. The summed E-state index contributed by atoms with van der Waals surface area (Å²) in [6.45, 7) is 4.32. The van der Waals surface area contributed by atoms with Crippen LogP contribution in [0.3, 0.4) is 0 Å². The van der Waals surface area contributed by atoms with Gasteiger partial charge < -0.3 is 5.32 Å². The second-order valence-electron chi connectivity index (χ2n) is 11.1. The molecule has 6 nitrogen and oxygen atoms in total. The highest BCUT2D eigenvalue weighted by atomic mass is 15.2. The molecule has 0 amide bonds. The molecule has 0 saturated heterocycles. The van der Waals surface area contributed by atoms with Gasteiger partial charge in [-0.3, -0.25) is 0 Å². The van der Waals surface area contributed by atoms with E-state index in [0.29, 0.717) is 17.5 Å². The fraction of sp³-hybridized carbons (Fsp3) is 0.467. The zero-order valence-corrected chi connectivity index (χ0v) is 21.2. The summed E-state index contributed by atoms with van der Waals surface area (Å²) in [5.74, 6) is 2.56. The van der Waals surface area contributed by atoms with Gasteiger partial charge in [-0.25, -0.2) is 4.52 Å². The zero-order chi connectivity index (χ0) is 24.6. The predicted molar refractivity (Wildman–Crippen MR) is 145 cm³/mol. The van der Waals surface area contributed by atoms with Gasteiger partial charge in [-0.05, 0) is 81.5 Å². The van der Waals surface area contributed by atoms with Gasteiger partial charge in [-0.2, -0.15) is 20.6 Å². The first-order valence-electron chi connectivity index (χ1n) is 13.5. The topological polar surface area (TPSA) is 77.8 Å². The van der Waals surface area contributed by atoms with Crippen LogP contribution in [0.5, 0.6) is 0 Å². The number of benzene rings is 1. The van der Waals surface area contributed by atoms with Crippen LogP contribution in [0.2, 0.25) is 0 Å². The van der Waals surface area contributed by atoms with E-state index in [2.05, 4.69) is 59.7 Å². The van der Waals surface area contributed by atoms with Crippen LogP contribution in [0.15, 0.2) is 52.8 Å². The number of hydrogen-bond donors (Lipinski definition) is 1. The average molecular weight is 479 g/mol. The maximum Gasteiger partial charge on any atom is 0.101 e. The number of aromatic nitrogens is 2. The van der Waals surface area contributed by atoms with Crippen molar-refractivity contribution in [1.29, 1.82) is 5.26 Å². The molecule has 2 aliphatic carbocycles. The van der Waals surface area contributed by atoms with E-state index in [1.54, 1.807) is 6.20 Å². The lowest BCUT2D eigenvalue weighted by Gasteiger charge is -2.38. The molecule has 1 N–H and O–H groups in total. The minimum absolute atomic E-state index is 0.295. The smallest absolute Gasteiger partial charge is 0.101 e. The van der Waals surface area contributed by atoms with Crippen molar-refractivity contribution in [2.24, 2.45) is 28.0 Å². The van der Waals surface area contributed by atoms with Crippen molar-refractivity contribution in [1.82, 2.24) is 9.61 Å². The van der Waals surface area contributed by atoms with Crippen molar-refractivity contribution < 1.29 is 0 Å². The molecule has 0 bridgehead atoms. The number of anilines is 1. The second-order valence-corrected chi connectivity index (χ2v) is 11.1. The van der Waals surface area contributed by atoms with Crippen LogP contribution in [0.25, 0.3) is 16.8 Å². The number of nitrogens with one attached hydrogen (secondary N) is 1. The van der Waals surface area contributed by atoms with Crippen LogP contribution in [-0.4, -0.2) is 27.1 Å². The van der Waals surface area contributed by atoms with Crippen LogP contribution in [0.1, 0.15) is 76.3 Å². The van der Waals surface area contributed by atoms with Gasteiger partial charge in [0.25, 0.3) is 0 Å². The Morgan fingerprint density at radius 1 is 0.972 bits per heavy atom. The molecule has 6 rings (SSSR count). The lowest BCUT2D eigenvalue weighted by Crippen LogP contribution is -2.29. The summed E-state index contributed by atoms with van der Waals surface area (Å²) >= 11 is 0. The molecule has 36 heavy (non-hydrogen) atoms. The quantitative estimate of drug-likeness (QED) is 0.421. The predicted octanol–water partition coefficient (Wildman–Crippen LogP) is 6.85. The van der Waals surface area contributed by atoms with Crippen LogP contribution in [-0.2, 0) is 0 Å². The molecule has 0 atom stereocenters. The number of fused-ring (bicyclic) bond motifs is 1. The average Bonchev–Trinajstić information content (AvgIpc) is 3.50. The molecular weight excluding hydrogens is 444 g/mol. The molecule has 3 aromatic rings. The van der Waals surface area contributed by atoms with Crippen LogP contribution in [0.4, 0.5) is 5.69 Å². The van der Waals surface area contributed by atoms with E-state index in [-0.39, 0.29) is 0 Å². The summed E-state index contributed by atoms with van der Waals surface area (Å²) in [5, 5.41) is 26.7. The highest BCUT2D eigenvalue weighted by Gasteiger charge is 2.33. The normalized spacial score (nSPS) is 22.3. The van der Waals surface area contributed by atoms with Gasteiger partial charge >= 0.3 is 0 Å². The molecule has 3 aliphatic rings. The number of rotatable bonds is 6. The second kappa shape index (κ2) is 9.54. The highest BCUT2D eigenvalue weighted by molar-refractivity contribution is 6.18. The van der Waals surface area contributed by atoms with Gasteiger partial charge in [0.05, 0.1) is 28.7 Å². The monoisotopic (exact) mass is 478 g/mol. The van der Waals surface area contributed by atoms with Crippen molar-refractivity contribution >= 4 is 22.6 Å². The van der Waals surface area contributed by atoms with E-state index in [1.807, 2.05) is 16.6 Å². The van der Waals surface area contributed by atoms with Crippen LogP contribution >= 0.6 is 0 Å². The number of nitriles is 1. The Labute approximate surface area is 213 Å². The Morgan fingerprint density at radius 3 is 2.50 bits per heavy atom. The Balaban J connectivity index is 1.21. The summed E-state index contributed by atoms with van der Waals surface area (Å²) in [4.78, 5) is 0. The van der Waals surface area contributed by atoms with Gasteiger partial charge in [-0.1, -0.05) is 31.4 Å². The van der Waals surface area contributed by atoms with Crippen molar-refractivity contribution in [2.45, 2.75) is 71.3 Å². The third kappa shape index (κ3) is 4.32. The molecule has 184 valence electrons. The van der Waals surface area contributed by atoms with E-state index in [0.717, 1.165) is 52.0 Å². The maximum atomic E-state index is 9.20. The number of nitrogens with zero attached hydrogens (tertiary/aromatic N) is 5. The fourth-order valence-corrected chi connectivity index (χ4v) is 6.24. The van der Waals surface area contributed by atoms with Gasteiger partial charge in [0.1, 0.15) is 6.07 Å². The van der Waals surface area contributed by atoms with E-state index in [4.69, 9.17) is 5.10 Å². The minimum Gasteiger partial charge on any atom is -0.382 e. The molecule has 0 radical (unpaired) electrons. The highest BCUT2D eigenvalue weighted by Crippen LogP contribution is 2.43.